The highest BCUT2D eigenvalue weighted by Crippen LogP contribution is 2.31. The Labute approximate surface area is 74.4 Å². The van der Waals surface area contributed by atoms with E-state index in [1.165, 1.54) is 6.07 Å². The Hall–Kier alpha value is -1.65. The number of hydrogen-bond acceptors (Lipinski definition) is 4. The van der Waals surface area contributed by atoms with Crippen LogP contribution in [0.3, 0.4) is 0 Å². The van der Waals surface area contributed by atoms with Crippen LogP contribution in [0.15, 0.2) is 16.0 Å². The number of hydrogen-bond donors (Lipinski definition) is 2. The predicted octanol–water partition coefficient (Wildman–Crippen LogP) is 1.60. The summed E-state index contributed by atoms with van der Waals surface area (Å²) in [7, 11) is 0. The van der Waals surface area contributed by atoms with Crippen LogP contribution in [-0.4, -0.2) is 10.1 Å². The molecular formula is C8H10N2O3. The first-order chi connectivity index (χ1) is 6.06. The average molecular weight is 182 g/mol. The van der Waals surface area contributed by atoms with E-state index in [4.69, 9.17) is 0 Å². The summed E-state index contributed by atoms with van der Waals surface area (Å²) in [6.45, 7) is 3.62. The monoisotopic (exact) mass is 182 g/mol. The lowest BCUT2D eigenvalue weighted by Crippen LogP contribution is -2.06. The van der Waals surface area contributed by atoms with E-state index >= 15 is 0 Å². The molecular weight excluding hydrogens is 172 g/mol. The molecule has 0 fully saturated rings. The fraction of sp³-hybridized carbons (Fsp3) is 0.375. The van der Waals surface area contributed by atoms with Crippen molar-refractivity contribution >= 4 is 5.69 Å². The van der Waals surface area contributed by atoms with Crippen molar-refractivity contribution in [3.63, 3.8) is 0 Å². The Morgan fingerprint density at radius 1 is 1.54 bits per heavy atom. The highest BCUT2D eigenvalue weighted by atomic mass is 16.3. The number of nitroso groups, excluding NO2 is 1. The summed E-state index contributed by atoms with van der Waals surface area (Å²) in [5.41, 5.74) is -0.0700. The van der Waals surface area contributed by atoms with E-state index in [1.807, 2.05) is 13.8 Å². The molecule has 0 saturated carbocycles. The minimum absolute atomic E-state index is 0.0269. The molecule has 0 spiro atoms. The largest absolute Gasteiger partial charge is 0.493 e. The van der Waals surface area contributed by atoms with E-state index in [1.54, 1.807) is 0 Å². The zero-order chi connectivity index (χ0) is 10.0. The third-order valence-electron chi connectivity index (χ3n) is 1.74. The number of rotatable bonds is 2. The third-order valence-corrected chi connectivity index (χ3v) is 1.74. The fourth-order valence-corrected chi connectivity index (χ4v) is 1.09. The van der Waals surface area contributed by atoms with E-state index in [0.29, 0.717) is 5.56 Å². The second-order valence-electron chi connectivity index (χ2n) is 3.03. The summed E-state index contributed by atoms with van der Waals surface area (Å²) in [4.78, 5) is 23.3. The highest BCUT2D eigenvalue weighted by Gasteiger charge is 2.13. The number of aromatic amines is 1. The number of aromatic nitrogens is 1. The zero-order valence-corrected chi connectivity index (χ0v) is 7.37. The maximum Gasteiger partial charge on any atom is 0.251 e. The number of nitrogens with one attached hydrogen (secondary N) is 1. The molecule has 5 nitrogen and oxygen atoms in total. The molecule has 0 bridgehead atoms. The standard InChI is InChI=1S/C8H10N2O3/c1-4(2)5-3-6(11)9-8(12)7(5)10-13/h3-4H,1-2H3,(H2,9,11,12). The maximum atomic E-state index is 10.9. The van der Waals surface area contributed by atoms with Crippen molar-refractivity contribution in [2.45, 2.75) is 19.8 Å². The second kappa shape index (κ2) is 3.38. The van der Waals surface area contributed by atoms with Crippen molar-refractivity contribution in [3.05, 3.63) is 26.9 Å². The molecule has 0 amide bonds. The van der Waals surface area contributed by atoms with Crippen LogP contribution in [-0.2, 0) is 0 Å². The normalized spacial score (nSPS) is 10.4. The van der Waals surface area contributed by atoms with Gasteiger partial charge in [0.2, 0.25) is 5.88 Å². The first kappa shape index (κ1) is 9.44. The lowest BCUT2D eigenvalue weighted by molar-refractivity contribution is 0.452. The van der Waals surface area contributed by atoms with Gasteiger partial charge < -0.3 is 5.11 Å². The van der Waals surface area contributed by atoms with Gasteiger partial charge in [0.1, 0.15) is 0 Å². The lowest BCUT2D eigenvalue weighted by Gasteiger charge is -2.06. The Bertz CT molecular complexity index is 381. The Kier molecular flexibility index (Phi) is 2.46. The molecule has 0 atom stereocenters. The Morgan fingerprint density at radius 3 is 2.62 bits per heavy atom. The molecule has 13 heavy (non-hydrogen) atoms. The quantitative estimate of drug-likeness (QED) is 0.681. The van der Waals surface area contributed by atoms with Crippen LogP contribution < -0.4 is 5.56 Å². The third kappa shape index (κ3) is 1.74. The van der Waals surface area contributed by atoms with Gasteiger partial charge in [-0.1, -0.05) is 13.8 Å². The van der Waals surface area contributed by atoms with Gasteiger partial charge in [-0.25, -0.2) is 0 Å². The van der Waals surface area contributed by atoms with Gasteiger partial charge in [-0.15, -0.1) is 4.91 Å². The molecule has 0 aromatic carbocycles. The SMILES string of the molecule is CC(C)c1cc(=O)[nH]c(O)c1N=O. The van der Waals surface area contributed by atoms with E-state index < -0.39 is 11.4 Å². The van der Waals surface area contributed by atoms with Crippen molar-refractivity contribution < 1.29 is 5.11 Å². The van der Waals surface area contributed by atoms with Crippen LogP contribution in [0.5, 0.6) is 5.88 Å². The minimum atomic E-state index is -0.466. The van der Waals surface area contributed by atoms with Crippen LogP contribution >= 0.6 is 0 Å². The first-order valence-electron chi connectivity index (χ1n) is 3.85. The van der Waals surface area contributed by atoms with Gasteiger partial charge in [-0.3, -0.25) is 9.78 Å². The van der Waals surface area contributed by atoms with Gasteiger partial charge in [0, 0.05) is 6.07 Å². The molecule has 1 rings (SSSR count). The highest BCUT2D eigenvalue weighted by molar-refractivity contribution is 5.54. The number of pyridine rings is 1. The molecule has 0 aliphatic heterocycles. The predicted molar refractivity (Wildman–Crippen MR) is 48.3 cm³/mol. The van der Waals surface area contributed by atoms with Crippen LogP contribution in [0, 0.1) is 4.91 Å². The topological polar surface area (TPSA) is 82.5 Å². The Balaban J connectivity index is 3.47. The van der Waals surface area contributed by atoms with E-state index in [0.717, 1.165) is 0 Å². The number of H-pyrrole nitrogens is 1. The van der Waals surface area contributed by atoms with Gasteiger partial charge in [-0.2, -0.15) is 0 Å². The van der Waals surface area contributed by atoms with E-state index in [9.17, 15) is 14.8 Å². The summed E-state index contributed by atoms with van der Waals surface area (Å²) in [6.07, 6.45) is 0. The van der Waals surface area contributed by atoms with Gasteiger partial charge in [0.05, 0.1) is 0 Å². The molecule has 0 aliphatic rings. The van der Waals surface area contributed by atoms with Crippen molar-refractivity contribution in [1.82, 2.24) is 4.98 Å². The van der Waals surface area contributed by atoms with Crippen LogP contribution in [0.4, 0.5) is 5.69 Å². The van der Waals surface area contributed by atoms with Gasteiger partial charge in [0.25, 0.3) is 5.56 Å². The molecule has 0 saturated heterocycles. The maximum absolute atomic E-state index is 10.9. The lowest BCUT2D eigenvalue weighted by atomic mass is 10.0. The van der Waals surface area contributed by atoms with Gasteiger partial charge >= 0.3 is 0 Å². The van der Waals surface area contributed by atoms with Crippen molar-refractivity contribution in [2.24, 2.45) is 5.18 Å². The molecule has 1 aromatic rings. The van der Waals surface area contributed by atoms with Crippen molar-refractivity contribution in [2.75, 3.05) is 0 Å². The first-order valence-corrected chi connectivity index (χ1v) is 3.85. The molecule has 5 heteroatoms. The second-order valence-corrected chi connectivity index (χ2v) is 3.03. The number of nitrogens with zero attached hydrogens (tertiary/aromatic N) is 1. The molecule has 1 aromatic heterocycles. The van der Waals surface area contributed by atoms with Gasteiger partial charge in [0.15, 0.2) is 5.69 Å². The molecule has 1 heterocycles. The summed E-state index contributed by atoms with van der Waals surface area (Å²) in [5.74, 6) is -0.493. The summed E-state index contributed by atoms with van der Waals surface area (Å²) < 4.78 is 0. The van der Waals surface area contributed by atoms with Crippen LogP contribution in [0.25, 0.3) is 0 Å². The Morgan fingerprint density at radius 2 is 2.15 bits per heavy atom. The number of aromatic hydroxyl groups is 1. The average Bonchev–Trinajstić information content (AvgIpc) is 2.02. The fourth-order valence-electron chi connectivity index (χ4n) is 1.09. The van der Waals surface area contributed by atoms with Crippen molar-refractivity contribution in [3.8, 4) is 5.88 Å². The van der Waals surface area contributed by atoms with Gasteiger partial charge in [-0.05, 0) is 16.7 Å². The molecule has 0 radical (unpaired) electrons. The zero-order valence-electron chi connectivity index (χ0n) is 7.37. The summed E-state index contributed by atoms with van der Waals surface area (Å²) in [5, 5.41) is 11.8. The molecule has 2 N–H and O–H groups in total. The van der Waals surface area contributed by atoms with E-state index in [2.05, 4.69) is 10.2 Å². The van der Waals surface area contributed by atoms with E-state index in [-0.39, 0.29) is 11.6 Å². The summed E-state index contributed by atoms with van der Waals surface area (Å²) >= 11 is 0. The van der Waals surface area contributed by atoms with Crippen LogP contribution in [0.1, 0.15) is 25.3 Å². The molecule has 0 unspecified atom stereocenters. The minimum Gasteiger partial charge on any atom is -0.493 e. The molecule has 70 valence electrons. The molecule has 0 aliphatic carbocycles. The summed E-state index contributed by atoms with van der Waals surface area (Å²) in [6, 6.07) is 1.26. The van der Waals surface area contributed by atoms with Crippen LogP contribution in [0.2, 0.25) is 0 Å². The smallest absolute Gasteiger partial charge is 0.251 e. The van der Waals surface area contributed by atoms with Crippen molar-refractivity contribution in [1.29, 1.82) is 0 Å².